The molecule has 1 aliphatic rings. The Balaban J connectivity index is 1.34. The molecule has 11 nitrogen and oxygen atoms in total. The van der Waals surface area contributed by atoms with Crippen molar-refractivity contribution < 1.29 is 19.0 Å². The summed E-state index contributed by atoms with van der Waals surface area (Å²) in [6.45, 7) is 2.06. The highest BCUT2D eigenvalue weighted by molar-refractivity contribution is 5.78. The van der Waals surface area contributed by atoms with E-state index in [2.05, 4.69) is 15.2 Å². The smallest absolute Gasteiger partial charge is 0.230 e. The topological polar surface area (TPSA) is 110 Å². The summed E-state index contributed by atoms with van der Waals surface area (Å²) in [6, 6.07) is 25.4. The highest BCUT2D eigenvalue weighted by Crippen LogP contribution is 2.50. The quantitative estimate of drug-likeness (QED) is 0.174. The molecule has 7 rings (SSSR count). The number of hydrogen-bond donors (Lipinski definition) is 0. The van der Waals surface area contributed by atoms with Gasteiger partial charge < -0.3 is 19.0 Å². The van der Waals surface area contributed by atoms with Crippen molar-refractivity contribution in [3.8, 4) is 28.9 Å². The van der Waals surface area contributed by atoms with Gasteiger partial charge in [0.1, 0.15) is 6.33 Å². The van der Waals surface area contributed by atoms with Crippen LogP contribution < -0.4 is 14.2 Å². The Morgan fingerprint density at radius 3 is 2.44 bits per heavy atom. The van der Waals surface area contributed by atoms with E-state index in [1.165, 1.54) is 0 Å². The molecule has 1 aliphatic heterocycles. The number of benzene rings is 3. The second-order valence-corrected chi connectivity index (χ2v) is 9.88. The zero-order valence-corrected chi connectivity index (χ0v) is 23.7. The van der Waals surface area contributed by atoms with Crippen LogP contribution in [0.15, 0.2) is 90.3 Å². The van der Waals surface area contributed by atoms with E-state index in [1.54, 1.807) is 36.0 Å². The number of fused-ring (bicyclic) bond motifs is 4. The largest absolute Gasteiger partial charge is 0.493 e. The van der Waals surface area contributed by atoms with Crippen LogP contribution >= 0.6 is 0 Å². The minimum Gasteiger partial charge on any atom is -0.493 e. The van der Waals surface area contributed by atoms with Crippen LogP contribution in [0.3, 0.4) is 0 Å². The number of aryl methyl sites for hydroxylation is 1. The first kappa shape index (κ1) is 26.2. The molecule has 6 aromatic rings. The van der Waals surface area contributed by atoms with Crippen molar-refractivity contribution in [2.75, 3.05) is 14.2 Å². The number of nitrogens with zero attached hydrogens (tertiary/aromatic N) is 7. The summed E-state index contributed by atoms with van der Waals surface area (Å²) in [5.74, 6) is 2.35. The summed E-state index contributed by atoms with van der Waals surface area (Å²) < 4.78 is 21.1. The van der Waals surface area contributed by atoms with Crippen LogP contribution in [-0.2, 0) is 11.4 Å². The molecule has 0 saturated carbocycles. The molecule has 0 radical (unpaired) electrons. The van der Waals surface area contributed by atoms with Crippen molar-refractivity contribution in [2.24, 2.45) is 5.16 Å². The fourth-order valence-corrected chi connectivity index (χ4v) is 5.33. The zero-order valence-electron chi connectivity index (χ0n) is 23.7. The van der Waals surface area contributed by atoms with Gasteiger partial charge in [0.05, 0.1) is 48.9 Å². The monoisotopic (exact) mass is 573 g/mol. The molecule has 0 bridgehead atoms. The lowest BCUT2D eigenvalue weighted by Gasteiger charge is -2.26. The molecular weight excluding hydrogens is 546 g/mol. The highest BCUT2D eigenvalue weighted by Gasteiger charge is 2.38. The summed E-state index contributed by atoms with van der Waals surface area (Å²) >= 11 is 0. The molecule has 0 N–H and O–H groups in total. The summed E-state index contributed by atoms with van der Waals surface area (Å²) in [4.78, 5) is 15.0. The Labute approximate surface area is 246 Å². The van der Waals surface area contributed by atoms with E-state index >= 15 is 0 Å². The first-order valence-electron chi connectivity index (χ1n) is 13.6. The SMILES string of the molecule is COc1ccc([C@H]2c3c(C)nn(-c4ccccc4)c3Oc3ncn4nc(CO/N=C\c5ccccc5)nc4c32)cc1OC. The molecular formula is C32H27N7O4. The third-order valence-electron chi connectivity index (χ3n) is 7.28. The van der Waals surface area contributed by atoms with Crippen molar-refractivity contribution >= 4 is 11.9 Å². The van der Waals surface area contributed by atoms with E-state index in [4.69, 9.17) is 29.1 Å². The second kappa shape index (κ2) is 10.9. The Bertz CT molecular complexity index is 1950. The van der Waals surface area contributed by atoms with Crippen LogP contribution in [0.25, 0.3) is 11.3 Å². The molecule has 0 saturated heterocycles. The molecule has 43 heavy (non-hydrogen) atoms. The molecule has 1 atom stereocenters. The molecule has 0 amide bonds. The summed E-state index contributed by atoms with van der Waals surface area (Å²) in [5.41, 5.74) is 5.79. The number of hydrogen-bond acceptors (Lipinski definition) is 9. The van der Waals surface area contributed by atoms with Crippen LogP contribution in [0, 0.1) is 6.92 Å². The first-order valence-corrected chi connectivity index (χ1v) is 13.6. The third-order valence-corrected chi connectivity index (χ3v) is 7.28. The molecule has 0 spiro atoms. The lowest BCUT2D eigenvalue weighted by molar-refractivity contribution is 0.126. The Morgan fingerprint density at radius 1 is 0.907 bits per heavy atom. The lowest BCUT2D eigenvalue weighted by atomic mass is 9.84. The number of oxime groups is 1. The van der Waals surface area contributed by atoms with Gasteiger partial charge in [0.15, 0.2) is 29.6 Å². The van der Waals surface area contributed by atoms with Crippen molar-refractivity contribution in [1.29, 1.82) is 0 Å². The molecule has 0 fully saturated rings. The Hall–Kier alpha value is -5.71. The highest BCUT2D eigenvalue weighted by atomic mass is 16.6. The summed E-state index contributed by atoms with van der Waals surface area (Å²) in [5, 5.41) is 13.6. The van der Waals surface area contributed by atoms with Crippen LogP contribution in [0.5, 0.6) is 23.3 Å². The number of ether oxygens (including phenoxy) is 3. The van der Waals surface area contributed by atoms with Gasteiger partial charge in [0.2, 0.25) is 11.8 Å². The minimum absolute atomic E-state index is 0.0812. The van der Waals surface area contributed by atoms with Crippen molar-refractivity contribution in [1.82, 2.24) is 29.4 Å². The first-order chi connectivity index (χ1) is 21.1. The average Bonchev–Trinajstić information content (AvgIpc) is 3.63. The minimum atomic E-state index is -0.346. The van der Waals surface area contributed by atoms with E-state index in [1.807, 2.05) is 85.8 Å². The Kier molecular flexibility index (Phi) is 6.66. The maximum atomic E-state index is 6.50. The van der Waals surface area contributed by atoms with Gasteiger partial charge in [-0.3, -0.25) is 0 Å². The van der Waals surface area contributed by atoms with Crippen molar-refractivity contribution in [3.05, 3.63) is 119 Å². The lowest BCUT2D eigenvalue weighted by Crippen LogP contribution is -2.16. The fraction of sp³-hybridized carbons (Fsp3) is 0.156. The molecule has 3 aromatic carbocycles. The van der Waals surface area contributed by atoms with Gasteiger partial charge >= 0.3 is 0 Å². The van der Waals surface area contributed by atoms with Gasteiger partial charge in [0.25, 0.3) is 0 Å². The van der Waals surface area contributed by atoms with Crippen LogP contribution in [0.2, 0.25) is 0 Å². The van der Waals surface area contributed by atoms with E-state index in [0.717, 1.165) is 33.6 Å². The van der Waals surface area contributed by atoms with Gasteiger partial charge in [-0.1, -0.05) is 59.8 Å². The summed E-state index contributed by atoms with van der Waals surface area (Å²) in [6.07, 6.45) is 3.24. The van der Waals surface area contributed by atoms with Gasteiger partial charge in [-0.2, -0.15) is 5.10 Å². The maximum absolute atomic E-state index is 6.50. The average molecular weight is 574 g/mol. The van der Waals surface area contributed by atoms with Crippen LogP contribution in [-0.4, -0.2) is 49.8 Å². The van der Waals surface area contributed by atoms with E-state index in [-0.39, 0.29) is 12.5 Å². The van der Waals surface area contributed by atoms with Gasteiger partial charge in [-0.05, 0) is 42.3 Å². The molecule has 4 heterocycles. The van der Waals surface area contributed by atoms with E-state index < -0.39 is 0 Å². The zero-order chi connectivity index (χ0) is 29.3. The molecule has 11 heteroatoms. The second-order valence-electron chi connectivity index (χ2n) is 9.88. The number of rotatable bonds is 8. The van der Waals surface area contributed by atoms with Crippen LogP contribution in [0.1, 0.15) is 39.7 Å². The molecule has 214 valence electrons. The molecule has 0 unspecified atom stereocenters. The van der Waals surface area contributed by atoms with E-state index in [0.29, 0.717) is 34.7 Å². The third kappa shape index (κ3) is 4.70. The molecule has 3 aromatic heterocycles. The van der Waals surface area contributed by atoms with E-state index in [9.17, 15) is 0 Å². The van der Waals surface area contributed by atoms with Gasteiger partial charge in [0, 0.05) is 0 Å². The van der Waals surface area contributed by atoms with Gasteiger partial charge in [-0.15, -0.1) is 5.10 Å². The molecule has 0 aliphatic carbocycles. The number of para-hydroxylation sites is 1. The number of aromatic nitrogens is 6. The Morgan fingerprint density at radius 2 is 1.67 bits per heavy atom. The predicted molar refractivity (Wildman–Crippen MR) is 158 cm³/mol. The predicted octanol–water partition coefficient (Wildman–Crippen LogP) is 5.47. The van der Waals surface area contributed by atoms with Gasteiger partial charge in [-0.25, -0.2) is 19.2 Å². The van der Waals surface area contributed by atoms with Crippen molar-refractivity contribution in [2.45, 2.75) is 19.4 Å². The number of methoxy groups -OCH3 is 2. The van der Waals surface area contributed by atoms with Crippen molar-refractivity contribution in [3.63, 3.8) is 0 Å². The standard InChI is InChI=1S/C32H27N7O4/c1-20-27-28(22-14-15-24(40-2)25(16-22)41-3)29-30-35-26(18-42-34-17-21-10-6-4-7-11-21)37-38(30)19-33-31(29)43-32(27)39(36-20)23-12-8-5-9-13-23/h4-17,19,28H,18H2,1-3H3/b34-17-/t28-/m0/s1. The summed E-state index contributed by atoms with van der Waals surface area (Å²) in [7, 11) is 3.24. The maximum Gasteiger partial charge on any atom is 0.230 e. The normalized spacial score (nSPS) is 13.9. The fourth-order valence-electron chi connectivity index (χ4n) is 5.33. The van der Waals surface area contributed by atoms with Crippen LogP contribution in [0.4, 0.5) is 0 Å².